The van der Waals surface area contributed by atoms with Gasteiger partial charge in [0.1, 0.15) is 11.2 Å². The van der Waals surface area contributed by atoms with Crippen molar-refractivity contribution in [3.8, 4) is 0 Å². The molecule has 0 radical (unpaired) electrons. The zero-order chi connectivity index (χ0) is 19.0. The molecule has 10 nitrogen and oxygen atoms in total. The number of aliphatic carboxylic acids is 4. The van der Waals surface area contributed by atoms with Crippen LogP contribution in [0.2, 0.25) is 0 Å². The minimum absolute atomic E-state index is 0.361. The van der Waals surface area contributed by atoms with E-state index in [0.29, 0.717) is 48.6 Å². The van der Waals surface area contributed by atoms with E-state index in [-0.39, 0.29) is 0 Å². The second-order valence-corrected chi connectivity index (χ2v) is 4.34. The summed E-state index contributed by atoms with van der Waals surface area (Å²) in [6.07, 6.45) is 3.31. The van der Waals surface area contributed by atoms with E-state index in [1.54, 1.807) is 0 Å². The summed E-state index contributed by atoms with van der Waals surface area (Å²) >= 11 is 0. The lowest BCUT2D eigenvalue weighted by molar-refractivity contribution is -0.133. The topological polar surface area (TPSA) is 190 Å². The average Bonchev–Trinajstić information content (AvgIpc) is 2.46. The van der Waals surface area contributed by atoms with Crippen molar-refractivity contribution < 1.29 is 49.8 Å². The molecule has 130 valence electrons. The van der Waals surface area contributed by atoms with Crippen LogP contribution in [0.25, 0.3) is 0 Å². The molecule has 6 N–H and O–H groups in total. The highest BCUT2D eigenvalue weighted by molar-refractivity contribution is 5.83. The first kappa shape index (κ1) is 20.8. The number of aliphatic hydroxyl groups is 2. The van der Waals surface area contributed by atoms with Gasteiger partial charge in [-0.25, -0.2) is 19.2 Å². The molecule has 0 spiro atoms. The molecule has 0 aliphatic heterocycles. The third kappa shape index (κ3) is 6.68. The van der Waals surface area contributed by atoms with Crippen molar-refractivity contribution in [2.75, 3.05) is 0 Å². The van der Waals surface area contributed by atoms with Gasteiger partial charge in [0, 0.05) is 24.3 Å². The summed E-state index contributed by atoms with van der Waals surface area (Å²) in [6, 6.07) is 0. The normalized spacial score (nSPS) is 17.2. The Morgan fingerprint density at radius 3 is 0.792 bits per heavy atom. The van der Waals surface area contributed by atoms with Crippen molar-refractivity contribution in [1.29, 1.82) is 0 Å². The second kappa shape index (κ2) is 8.41. The van der Waals surface area contributed by atoms with Crippen molar-refractivity contribution in [1.82, 2.24) is 0 Å². The van der Waals surface area contributed by atoms with E-state index in [9.17, 15) is 29.4 Å². The van der Waals surface area contributed by atoms with Crippen molar-refractivity contribution >= 4 is 23.9 Å². The third-order valence-corrected chi connectivity index (χ3v) is 2.56. The molecular weight excluding hydrogens is 328 g/mol. The molecular formula is C14H14O10. The van der Waals surface area contributed by atoms with E-state index in [0.717, 1.165) is 0 Å². The number of carboxylic acids is 4. The Kier molecular flexibility index (Phi) is 7.27. The summed E-state index contributed by atoms with van der Waals surface area (Å²) in [5, 5.41) is 55.3. The Morgan fingerprint density at radius 1 is 0.500 bits per heavy atom. The molecule has 0 saturated heterocycles. The van der Waals surface area contributed by atoms with E-state index < -0.39 is 35.1 Å². The maximum Gasteiger partial charge on any atom is 0.328 e. The van der Waals surface area contributed by atoms with Gasteiger partial charge in [-0.3, -0.25) is 0 Å². The molecule has 0 rings (SSSR count). The van der Waals surface area contributed by atoms with Crippen molar-refractivity contribution in [3.05, 3.63) is 48.6 Å². The first-order valence-electron chi connectivity index (χ1n) is 6.05. The first-order valence-corrected chi connectivity index (χ1v) is 6.05. The maximum absolute atomic E-state index is 10.6. The van der Waals surface area contributed by atoms with Crippen LogP contribution in [0.1, 0.15) is 0 Å². The Morgan fingerprint density at radius 2 is 0.667 bits per heavy atom. The van der Waals surface area contributed by atoms with Crippen LogP contribution in [-0.4, -0.2) is 65.7 Å². The largest absolute Gasteiger partial charge is 0.478 e. The van der Waals surface area contributed by atoms with Crippen LogP contribution in [0, 0.1) is 0 Å². The number of carboxylic acid groups (broad SMARTS) is 4. The first-order chi connectivity index (χ1) is 10.9. The van der Waals surface area contributed by atoms with Crippen molar-refractivity contribution in [3.63, 3.8) is 0 Å². The summed E-state index contributed by atoms with van der Waals surface area (Å²) in [5.41, 5.74) is -5.55. The maximum atomic E-state index is 10.6. The van der Waals surface area contributed by atoms with E-state index in [1.807, 2.05) is 0 Å². The van der Waals surface area contributed by atoms with Gasteiger partial charge in [0.2, 0.25) is 0 Å². The van der Waals surface area contributed by atoms with E-state index in [4.69, 9.17) is 20.4 Å². The van der Waals surface area contributed by atoms with E-state index >= 15 is 0 Å². The van der Waals surface area contributed by atoms with Crippen molar-refractivity contribution in [2.24, 2.45) is 0 Å². The fraction of sp³-hybridized carbons (Fsp3) is 0.143. The van der Waals surface area contributed by atoms with Crippen molar-refractivity contribution in [2.45, 2.75) is 11.2 Å². The zero-order valence-corrected chi connectivity index (χ0v) is 11.9. The molecule has 0 heterocycles. The van der Waals surface area contributed by atoms with Gasteiger partial charge in [0.25, 0.3) is 0 Å². The van der Waals surface area contributed by atoms with Gasteiger partial charge in [-0.05, 0) is 24.3 Å². The lowest BCUT2D eigenvalue weighted by atomic mass is 9.81. The standard InChI is InChI=1S/C14H14O10/c15-9(16)1-5-13(23,6-2-10(17)18)14(24,7-3-11(19)20)8-4-12(21)22/h1-8,23-24H,(H,15,16)(H,17,18)(H,19,20)(H,21,22). The summed E-state index contributed by atoms with van der Waals surface area (Å²) in [7, 11) is 0. The Hall–Kier alpha value is -3.24. The minimum atomic E-state index is -2.78. The van der Waals surface area contributed by atoms with Crippen LogP contribution >= 0.6 is 0 Å². The van der Waals surface area contributed by atoms with Gasteiger partial charge in [-0.1, -0.05) is 0 Å². The quantitative estimate of drug-likeness (QED) is 0.284. The number of hydrogen-bond acceptors (Lipinski definition) is 6. The van der Waals surface area contributed by atoms with Gasteiger partial charge in [0.15, 0.2) is 0 Å². The summed E-state index contributed by atoms with van der Waals surface area (Å²) < 4.78 is 0. The molecule has 0 amide bonds. The highest BCUT2D eigenvalue weighted by atomic mass is 16.4. The molecule has 10 heteroatoms. The van der Waals surface area contributed by atoms with Gasteiger partial charge in [-0.2, -0.15) is 0 Å². The summed E-state index contributed by atoms with van der Waals surface area (Å²) in [4.78, 5) is 42.4. The lowest BCUT2D eigenvalue weighted by Crippen LogP contribution is -2.49. The molecule has 0 aliphatic carbocycles. The van der Waals surface area contributed by atoms with Crippen LogP contribution in [-0.2, 0) is 19.2 Å². The molecule has 0 aromatic rings. The van der Waals surface area contributed by atoms with Crippen LogP contribution in [0.3, 0.4) is 0 Å². The third-order valence-electron chi connectivity index (χ3n) is 2.56. The minimum Gasteiger partial charge on any atom is -0.478 e. The van der Waals surface area contributed by atoms with Crippen LogP contribution in [0.15, 0.2) is 48.6 Å². The number of rotatable bonds is 9. The van der Waals surface area contributed by atoms with Gasteiger partial charge >= 0.3 is 23.9 Å². The highest BCUT2D eigenvalue weighted by Crippen LogP contribution is 2.29. The smallest absolute Gasteiger partial charge is 0.328 e. The van der Waals surface area contributed by atoms with Crippen LogP contribution < -0.4 is 0 Å². The monoisotopic (exact) mass is 342 g/mol. The van der Waals surface area contributed by atoms with Crippen LogP contribution in [0.5, 0.6) is 0 Å². The summed E-state index contributed by atoms with van der Waals surface area (Å²) in [6.45, 7) is 0. The van der Waals surface area contributed by atoms with Gasteiger partial charge in [-0.15, -0.1) is 0 Å². The predicted octanol–water partition coefficient (Wildman–Crippen LogP) is -0.988. The molecule has 0 aromatic carbocycles. The summed E-state index contributed by atoms with van der Waals surface area (Å²) in [5.74, 6) is -6.26. The number of carbonyl (C=O) groups is 4. The molecule has 0 bridgehead atoms. The van der Waals surface area contributed by atoms with Gasteiger partial charge < -0.3 is 30.6 Å². The average molecular weight is 342 g/mol. The zero-order valence-electron chi connectivity index (χ0n) is 11.9. The molecule has 0 aromatic heterocycles. The Labute approximate surface area is 134 Å². The molecule has 0 fully saturated rings. The SMILES string of the molecule is O=C(O)C=CC(O)(C=CC(=O)O)C(O)(C=CC(=O)O)C=CC(=O)O. The molecule has 0 unspecified atom stereocenters. The fourth-order valence-electron chi connectivity index (χ4n) is 1.44. The second-order valence-electron chi connectivity index (χ2n) is 4.34. The Balaban J connectivity index is 6.32. The molecule has 0 aliphatic rings. The van der Waals surface area contributed by atoms with Gasteiger partial charge in [0.05, 0.1) is 0 Å². The Bertz CT molecular complexity index is 534. The highest BCUT2D eigenvalue weighted by Gasteiger charge is 2.42. The lowest BCUT2D eigenvalue weighted by Gasteiger charge is -2.35. The van der Waals surface area contributed by atoms with Crippen LogP contribution in [0.4, 0.5) is 0 Å². The predicted molar refractivity (Wildman–Crippen MR) is 77.0 cm³/mol. The number of hydrogen-bond donors (Lipinski definition) is 6. The van der Waals surface area contributed by atoms with E-state index in [1.165, 1.54) is 0 Å². The fourth-order valence-corrected chi connectivity index (χ4v) is 1.44. The molecule has 0 atom stereocenters. The molecule has 24 heavy (non-hydrogen) atoms. The van der Waals surface area contributed by atoms with E-state index in [2.05, 4.69) is 0 Å². The molecule has 0 saturated carbocycles.